The Morgan fingerprint density at radius 2 is 2.00 bits per heavy atom. The summed E-state index contributed by atoms with van der Waals surface area (Å²) in [6, 6.07) is 10.3. The molecule has 0 N–H and O–H groups in total. The van der Waals surface area contributed by atoms with Gasteiger partial charge in [-0.25, -0.2) is 0 Å². The quantitative estimate of drug-likeness (QED) is 0.756. The molecule has 17 heavy (non-hydrogen) atoms. The maximum atomic E-state index is 11.7. The standard InChI is InChI=1S/C14H21NO2/c1-4-14(16)15(2)13(11-17-3)10-12-8-6-5-7-9-12/h5-9,13H,4,10-11H2,1-3H3. The highest BCUT2D eigenvalue weighted by Crippen LogP contribution is 2.09. The van der Waals surface area contributed by atoms with Gasteiger partial charge in [0.2, 0.25) is 5.91 Å². The van der Waals surface area contributed by atoms with Crippen molar-refractivity contribution in [1.29, 1.82) is 0 Å². The summed E-state index contributed by atoms with van der Waals surface area (Å²) in [6.45, 7) is 2.45. The van der Waals surface area contributed by atoms with Crippen LogP contribution >= 0.6 is 0 Å². The summed E-state index contributed by atoms with van der Waals surface area (Å²) in [5, 5.41) is 0. The highest BCUT2D eigenvalue weighted by molar-refractivity contribution is 5.75. The monoisotopic (exact) mass is 235 g/mol. The van der Waals surface area contributed by atoms with Gasteiger partial charge in [-0.15, -0.1) is 0 Å². The average molecular weight is 235 g/mol. The van der Waals surface area contributed by atoms with Gasteiger partial charge >= 0.3 is 0 Å². The zero-order chi connectivity index (χ0) is 12.7. The molecule has 0 aliphatic rings. The van der Waals surface area contributed by atoms with Crippen molar-refractivity contribution in [3.05, 3.63) is 35.9 Å². The molecule has 0 aliphatic carbocycles. The lowest BCUT2D eigenvalue weighted by Crippen LogP contribution is -2.41. The number of hydrogen-bond donors (Lipinski definition) is 0. The Kier molecular flexibility index (Phi) is 5.70. The highest BCUT2D eigenvalue weighted by atomic mass is 16.5. The van der Waals surface area contributed by atoms with E-state index in [1.165, 1.54) is 5.56 Å². The number of carbonyl (C=O) groups excluding carboxylic acids is 1. The molecule has 0 aromatic heterocycles. The van der Waals surface area contributed by atoms with E-state index in [-0.39, 0.29) is 11.9 Å². The van der Waals surface area contributed by atoms with Crippen LogP contribution in [0.5, 0.6) is 0 Å². The summed E-state index contributed by atoms with van der Waals surface area (Å²) in [7, 11) is 3.51. The summed E-state index contributed by atoms with van der Waals surface area (Å²) in [4.78, 5) is 13.5. The topological polar surface area (TPSA) is 29.5 Å². The number of methoxy groups -OCH3 is 1. The molecular formula is C14H21NO2. The van der Waals surface area contributed by atoms with E-state index in [2.05, 4.69) is 12.1 Å². The van der Waals surface area contributed by atoms with E-state index in [1.54, 1.807) is 12.0 Å². The number of nitrogens with zero attached hydrogens (tertiary/aromatic N) is 1. The van der Waals surface area contributed by atoms with E-state index < -0.39 is 0 Å². The molecule has 3 heteroatoms. The highest BCUT2D eigenvalue weighted by Gasteiger charge is 2.18. The summed E-state index contributed by atoms with van der Waals surface area (Å²) in [5.41, 5.74) is 1.23. The van der Waals surface area contributed by atoms with Crippen LogP contribution in [-0.4, -0.2) is 37.6 Å². The first-order chi connectivity index (χ1) is 8.19. The van der Waals surface area contributed by atoms with Gasteiger partial charge < -0.3 is 9.64 Å². The third-order valence-electron chi connectivity index (χ3n) is 2.92. The Morgan fingerprint density at radius 3 is 2.53 bits per heavy atom. The lowest BCUT2D eigenvalue weighted by Gasteiger charge is -2.27. The zero-order valence-electron chi connectivity index (χ0n) is 10.8. The van der Waals surface area contributed by atoms with Gasteiger partial charge in [-0.1, -0.05) is 37.3 Å². The van der Waals surface area contributed by atoms with Crippen LogP contribution in [0.1, 0.15) is 18.9 Å². The molecule has 3 nitrogen and oxygen atoms in total. The van der Waals surface area contributed by atoms with Crippen LogP contribution in [0.15, 0.2) is 30.3 Å². The number of amides is 1. The minimum atomic E-state index is 0.106. The SMILES string of the molecule is CCC(=O)N(C)C(COC)Cc1ccccc1. The fourth-order valence-electron chi connectivity index (χ4n) is 1.84. The molecule has 0 heterocycles. The normalized spacial score (nSPS) is 12.2. The second-order valence-corrected chi connectivity index (χ2v) is 4.16. The number of hydrogen-bond acceptors (Lipinski definition) is 2. The predicted octanol–water partition coefficient (Wildman–Crippen LogP) is 2.11. The summed E-state index contributed by atoms with van der Waals surface area (Å²) >= 11 is 0. The molecule has 0 spiro atoms. The van der Waals surface area contributed by atoms with Crippen molar-refractivity contribution >= 4 is 5.91 Å². The van der Waals surface area contributed by atoms with E-state index in [9.17, 15) is 4.79 Å². The van der Waals surface area contributed by atoms with Gasteiger partial charge in [0.25, 0.3) is 0 Å². The van der Waals surface area contributed by atoms with E-state index in [4.69, 9.17) is 4.74 Å². The number of carbonyl (C=O) groups is 1. The molecule has 1 aromatic carbocycles. The van der Waals surface area contributed by atoms with Crippen LogP contribution in [-0.2, 0) is 16.0 Å². The van der Waals surface area contributed by atoms with Gasteiger partial charge in [-0.05, 0) is 12.0 Å². The van der Waals surface area contributed by atoms with E-state index >= 15 is 0 Å². The molecule has 1 atom stereocenters. The van der Waals surface area contributed by atoms with Crippen LogP contribution in [0.2, 0.25) is 0 Å². The molecule has 94 valence electrons. The molecule has 1 amide bonds. The first-order valence-corrected chi connectivity index (χ1v) is 5.97. The van der Waals surface area contributed by atoms with Crippen LogP contribution in [0.4, 0.5) is 0 Å². The summed E-state index contributed by atoms with van der Waals surface area (Å²) in [5.74, 6) is 0.156. The van der Waals surface area contributed by atoms with Crippen molar-refractivity contribution < 1.29 is 9.53 Å². The average Bonchev–Trinajstić information content (AvgIpc) is 2.37. The second-order valence-electron chi connectivity index (χ2n) is 4.16. The molecule has 0 bridgehead atoms. The fraction of sp³-hybridized carbons (Fsp3) is 0.500. The van der Waals surface area contributed by atoms with Crippen molar-refractivity contribution in [3.8, 4) is 0 Å². The Labute approximate surface area is 103 Å². The van der Waals surface area contributed by atoms with Gasteiger partial charge in [0.05, 0.1) is 12.6 Å². The van der Waals surface area contributed by atoms with Crippen LogP contribution in [0.3, 0.4) is 0 Å². The second kappa shape index (κ2) is 7.07. The summed E-state index contributed by atoms with van der Waals surface area (Å²) < 4.78 is 5.20. The Bertz CT molecular complexity index is 337. The maximum absolute atomic E-state index is 11.7. The molecule has 1 rings (SSSR count). The minimum absolute atomic E-state index is 0.106. The van der Waals surface area contributed by atoms with E-state index in [0.29, 0.717) is 13.0 Å². The molecular weight excluding hydrogens is 214 g/mol. The lowest BCUT2D eigenvalue weighted by atomic mass is 10.1. The molecule has 1 unspecified atom stereocenters. The van der Waals surface area contributed by atoms with Crippen LogP contribution < -0.4 is 0 Å². The first kappa shape index (κ1) is 13.7. The predicted molar refractivity (Wildman–Crippen MR) is 68.9 cm³/mol. The van der Waals surface area contributed by atoms with E-state index in [0.717, 1.165) is 6.42 Å². The molecule has 0 saturated carbocycles. The fourth-order valence-corrected chi connectivity index (χ4v) is 1.84. The first-order valence-electron chi connectivity index (χ1n) is 5.97. The van der Waals surface area contributed by atoms with Gasteiger partial charge in [-0.3, -0.25) is 4.79 Å². The van der Waals surface area contributed by atoms with Gasteiger partial charge in [0.1, 0.15) is 0 Å². The number of rotatable bonds is 6. The van der Waals surface area contributed by atoms with E-state index in [1.807, 2.05) is 32.2 Å². The number of benzene rings is 1. The Balaban J connectivity index is 2.69. The number of ether oxygens (including phenoxy) is 1. The third-order valence-corrected chi connectivity index (χ3v) is 2.92. The van der Waals surface area contributed by atoms with Crippen molar-refractivity contribution in [2.45, 2.75) is 25.8 Å². The largest absolute Gasteiger partial charge is 0.383 e. The van der Waals surface area contributed by atoms with Crippen molar-refractivity contribution in [2.75, 3.05) is 20.8 Å². The number of likely N-dealkylation sites (N-methyl/N-ethyl adjacent to an activating group) is 1. The molecule has 1 aromatic rings. The van der Waals surface area contributed by atoms with Crippen LogP contribution in [0.25, 0.3) is 0 Å². The Morgan fingerprint density at radius 1 is 1.35 bits per heavy atom. The Hall–Kier alpha value is -1.35. The third kappa shape index (κ3) is 4.19. The maximum Gasteiger partial charge on any atom is 0.222 e. The van der Waals surface area contributed by atoms with Gasteiger partial charge in [0, 0.05) is 20.6 Å². The zero-order valence-corrected chi connectivity index (χ0v) is 10.8. The van der Waals surface area contributed by atoms with Crippen molar-refractivity contribution in [3.63, 3.8) is 0 Å². The molecule has 0 fully saturated rings. The van der Waals surface area contributed by atoms with Crippen molar-refractivity contribution in [2.24, 2.45) is 0 Å². The molecule has 0 aliphatic heterocycles. The van der Waals surface area contributed by atoms with Crippen LogP contribution in [0, 0.1) is 0 Å². The molecule has 0 radical (unpaired) electrons. The smallest absolute Gasteiger partial charge is 0.222 e. The summed E-state index contributed by atoms with van der Waals surface area (Å²) in [6.07, 6.45) is 1.36. The molecule has 0 saturated heterocycles. The van der Waals surface area contributed by atoms with Crippen molar-refractivity contribution in [1.82, 2.24) is 4.90 Å². The van der Waals surface area contributed by atoms with Gasteiger partial charge in [0.15, 0.2) is 0 Å². The minimum Gasteiger partial charge on any atom is -0.383 e. The van der Waals surface area contributed by atoms with Gasteiger partial charge in [-0.2, -0.15) is 0 Å². The lowest BCUT2D eigenvalue weighted by molar-refractivity contribution is -0.132.